The standard InChI is InChI=1S/C21H37NO2/c1-19(2,3)15-21(7,8)22-13-16(23)14-24-18-12-10-9-11-17(18)20(4,5)6/h9-12,16,22-23H,13-15H2,1-8H3/t16-/m1/s1. The molecule has 0 spiro atoms. The smallest absolute Gasteiger partial charge is 0.123 e. The predicted octanol–water partition coefficient (Wildman–Crippen LogP) is 4.53. The lowest BCUT2D eigenvalue weighted by atomic mass is 9.82. The molecule has 1 aromatic carbocycles. The number of nitrogens with one attached hydrogen (secondary N) is 1. The van der Waals surface area contributed by atoms with Crippen molar-refractivity contribution in [2.75, 3.05) is 13.2 Å². The van der Waals surface area contributed by atoms with E-state index in [1.807, 2.05) is 18.2 Å². The Morgan fingerprint density at radius 1 is 1.00 bits per heavy atom. The number of β-amino-alcohol motifs (C(OH)–C–C–N with tert-alkyl or cyclic N) is 1. The van der Waals surface area contributed by atoms with Crippen LogP contribution in [0, 0.1) is 5.41 Å². The first-order valence-corrected chi connectivity index (χ1v) is 8.96. The minimum atomic E-state index is -0.530. The SMILES string of the molecule is CC(C)(C)CC(C)(C)NC[C@@H](O)COc1ccccc1C(C)(C)C. The molecule has 3 heteroatoms. The molecule has 0 saturated heterocycles. The Kier molecular flexibility index (Phi) is 6.89. The molecule has 0 bridgehead atoms. The van der Waals surface area contributed by atoms with Crippen LogP contribution in [0.3, 0.4) is 0 Å². The first kappa shape index (κ1) is 21.0. The van der Waals surface area contributed by atoms with E-state index in [0.717, 1.165) is 12.2 Å². The van der Waals surface area contributed by atoms with Crippen LogP contribution in [0.5, 0.6) is 5.75 Å². The van der Waals surface area contributed by atoms with Gasteiger partial charge in [0, 0.05) is 12.1 Å². The normalized spacial score (nSPS) is 14.5. The highest BCUT2D eigenvalue weighted by Gasteiger charge is 2.25. The summed E-state index contributed by atoms with van der Waals surface area (Å²) < 4.78 is 5.90. The Labute approximate surface area is 148 Å². The summed E-state index contributed by atoms with van der Waals surface area (Å²) in [6.07, 6.45) is 0.512. The van der Waals surface area contributed by atoms with E-state index >= 15 is 0 Å². The summed E-state index contributed by atoms with van der Waals surface area (Å²) >= 11 is 0. The molecule has 1 rings (SSSR count). The van der Waals surface area contributed by atoms with Gasteiger partial charge in [-0.05, 0) is 42.7 Å². The molecule has 0 aliphatic rings. The van der Waals surface area contributed by atoms with Crippen molar-refractivity contribution in [3.63, 3.8) is 0 Å². The molecule has 0 aromatic heterocycles. The maximum atomic E-state index is 10.3. The summed E-state index contributed by atoms with van der Waals surface area (Å²) in [5.74, 6) is 0.859. The Morgan fingerprint density at radius 3 is 2.12 bits per heavy atom. The zero-order valence-electron chi connectivity index (χ0n) is 16.9. The van der Waals surface area contributed by atoms with Gasteiger partial charge in [0.05, 0.1) is 0 Å². The number of aliphatic hydroxyl groups is 1. The van der Waals surface area contributed by atoms with Gasteiger partial charge in [-0.1, -0.05) is 59.7 Å². The van der Waals surface area contributed by atoms with Crippen LogP contribution in [-0.4, -0.2) is 29.9 Å². The summed E-state index contributed by atoms with van der Waals surface area (Å²) in [5, 5.41) is 13.7. The summed E-state index contributed by atoms with van der Waals surface area (Å²) in [6.45, 7) is 18.4. The lowest BCUT2D eigenvalue weighted by Gasteiger charge is -2.34. The number of para-hydroxylation sites is 1. The maximum absolute atomic E-state index is 10.3. The average Bonchev–Trinajstić information content (AvgIpc) is 2.40. The number of benzene rings is 1. The second-order valence-corrected chi connectivity index (χ2v) is 9.71. The Balaban J connectivity index is 2.55. The molecule has 0 aliphatic carbocycles. The van der Waals surface area contributed by atoms with Crippen molar-refractivity contribution in [2.24, 2.45) is 5.41 Å². The van der Waals surface area contributed by atoms with E-state index in [1.54, 1.807) is 0 Å². The van der Waals surface area contributed by atoms with Crippen molar-refractivity contribution in [3.8, 4) is 5.75 Å². The topological polar surface area (TPSA) is 41.5 Å². The van der Waals surface area contributed by atoms with Crippen molar-refractivity contribution >= 4 is 0 Å². The highest BCUT2D eigenvalue weighted by Crippen LogP contribution is 2.31. The molecule has 3 nitrogen and oxygen atoms in total. The zero-order chi connectivity index (χ0) is 18.6. The third-order valence-electron chi connectivity index (χ3n) is 3.91. The molecule has 0 radical (unpaired) electrons. The van der Waals surface area contributed by atoms with Crippen LogP contribution in [0.2, 0.25) is 0 Å². The maximum Gasteiger partial charge on any atom is 0.123 e. The van der Waals surface area contributed by atoms with Crippen LogP contribution in [0.1, 0.15) is 67.4 Å². The predicted molar refractivity (Wildman–Crippen MR) is 103 cm³/mol. The summed E-state index contributed by atoms with van der Waals surface area (Å²) in [5.41, 5.74) is 1.43. The third-order valence-corrected chi connectivity index (χ3v) is 3.91. The third kappa shape index (κ3) is 7.67. The minimum absolute atomic E-state index is 0.0114. The lowest BCUT2D eigenvalue weighted by Crippen LogP contribution is -2.46. The van der Waals surface area contributed by atoms with Gasteiger partial charge >= 0.3 is 0 Å². The van der Waals surface area contributed by atoms with E-state index in [9.17, 15) is 5.11 Å². The molecular weight excluding hydrogens is 298 g/mol. The van der Waals surface area contributed by atoms with E-state index in [2.05, 4.69) is 66.8 Å². The van der Waals surface area contributed by atoms with Crippen molar-refractivity contribution in [3.05, 3.63) is 29.8 Å². The molecule has 2 N–H and O–H groups in total. The largest absolute Gasteiger partial charge is 0.491 e. The molecule has 1 aromatic rings. The van der Waals surface area contributed by atoms with Gasteiger partial charge in [0.15, 0.2) is 0 Å². The zero-order valence-corrected chi connectivity index (χ0v) is 16.9. The van der Waals surface area contributed by atoms with E-state index < -0.39 is 6.10 Å². The van der Waals surface area contributed by atoms with Gasteiger partial charge in [0.25, 0.3) is 0 Å². The Bertz CT molecular complexity index is 509. The number of rotatable bonds is 7. The monoisotopic (exact) mass is 335 g/mol. The summed E-state index contributed by atoms with van der Waals surface area (Å²) in [7, 11) is 0. The molecule has 0 unspecified atom stereocenters. The highest BCUT2D eigenvalue weighted by atomic mass is 16.5. The van der Waals surface area contributed by atoms with Crippen LogP contribution in [0.25, 0.3) is 0 Å². The van der Waals surface area contributed by atoms with Crippen molar-refractivity contribution in [1.82, 2.24) is 5.32 Å². The van der Waals surface area contributed by atoms with Gasteiger partial charge in [0.1, 0.15) is 18.5 Å². The number of hydrogen-bond donors (Lipinski definition) is 2. The molecular formula is C21H37NO2. The van der Waals surface area contributed by atoms with Crippen LogP contribution >= 0.6 is 0 Å². The van der Waals surface area contributed by atoms with Gasteiger partial charge in [-0.2, -0.15) is 0 Å². The molecule has 24 heavy (non-hydrogen) atoms. The number of hydrogen-bond acceptors (Lipinski definition) is 3. The van der Waals surface area contributed by atoms with Gasteiger partial charge < -0.3 is 15.2 Å². The second-order valence-electron chi connectivity index (χ2n) is 9.71. The molecule has 0 heterocycles. The first-order chi connectivity index (χ1) is 10.8. The van der Waals surface area contributed by atoms with Crippen LogP contribution in [0.15, 0.2) is 24.3 Å². The Hall–Kier alpha value is -1.06. The van der Waals surface area contributed by atoms with Gasteiger partial charge in [-0.15, -0.1) is 0 Å². The first-order valence-electron chi connectivity index (χ1n) is 8.96. The molecule has 0 aliphatic heterocycles. The molecule has 1 atom stereocenters. The van der Waals surface area contributed by atoms with Gasteiger partial charge in [0.2, 0.25) is 0 Å². The van der Waals surface area contributed by atoms with Gasteiger partial charge in [-0.25, -0.2) is 0 Å². The Morgan fingerprint density at radius 2 is 1.58 bits per heavy atom. The van der Waals surface area contributed by atoms with Crippen molar-refractivity contribution < 1.29 is 9.84 Å². The average molecular weight is 336 g/mol. The van der Waals surface area contributed by atoms with Crippen LogP contribution < -0.4 is 10.1 Å². The summed E-state index contributed by atoms with van der Waals surface area (Å²) in [6, 6.07) is 8.07. The van der Waals surface area contributed by atoms with Gasteiger partial charge in [-0.3, -0.25) is 0 Å². The highest BCUT2D eigenvalue weighted by molar-refractivity contribution is 5.38. The van der Waals surface area contributed by atoms with E-state index in [-0.39, 0.29) is 16.4 Å². The molecule has 0 saturated carbocycles. The fourth-order valence-corrected chi connectivity index (χ4v) is 3.24. The summed E-state index contributed by atoms with van der Waals surface area (Å²) in [4.78, 5) is 0. The second kappa shape index (κ2) is 7.88. The van der Waals surface area contributed by atoms with E-state index in [0.29, 0.717) is 13.2 Å². The van der Waals surface area contributed by atoms with E-state index in [4.69, 9.17) is 4.74 Å². The molecule has 0 fully saturated rings. The molecule has 138 valence electrons. The van der Waals surface area contributed by atoms with E-state index in [1.165, 1.54) is 5.56 Å². The number of ether oxygens (including phenoxy) is 1. The molecule has 0 amide bonds. The van der Waals surface area contributed by atoms with Crippen molar-refractivity contribution in [2.45, 2.75) is 78.9 Å². The lowest BCUT2D eigenvalue weighted by molar-refractivity contribution is 0.0935. The minimum Gasteiger partial charge on any atom is -0.491 e. The fourth-order valence-electron chi connectivity index (χ4n) is 3.24. The quantitative estimate of drug-likeness (QED) is 0.769. The van der Waals surface area contributed by atoms with Crippen LogP contribution in [-0.2, 0) is 5.41 Å². The number of aliphatic hydroxyl groups excluding tert-OH is 1. The van der Waals surface area contributed by atoms with Crippen molar-refractivity contribution in [1.29, 1.82) is 0 Å². The van der Waals surface area contributed by atoms with Crippen LogP contribution in [0.4, 0.5) is 0 Å². The fraction of sp³-hybridized carbons (Fsp3) is 0.714.